The second kappa shape index (κ2) is 5.33. The second-order valence-electron chi connectivity index (χ2n) is 1.76. The van der Waals surface area contributed by atoms with Crippen molar-refractivity contribution in [1.29, 1.82) is 0 Å². The molecule has 0 spiro atoms. The summed E-state index contributed by atoms with van der Waals surface area (Å²) in [5.41, 5.74) is 4.07. The molecule has 0 rings (SSSR count). The zero-order chi connectivity index (χ0) is 7.11. The summed E-state index contributed by atoms with van der Waals surface area (Å²) in [6.45, 7) is 3.93. The highest BCUT2D eigenvalue weighted by Crippen LogP contribution is 2.00. The molecule has 1 heteroatoms. The van der Waals surface area contributed by atoms with Gasteiger partial charge in [0.25, 0.3) is 0 Å². The van der Waals surface area contributed by atoms with Gasteiger partial charge < -0.3 is 4.79 Å². The molecule has 0 saturated carbocycles. The number of carbonyl (C=O) groups is 1. The first-order valence-electron chi connectivity index (χ1n) is 3.17. The van der Waals surface area contributed by atoms with Crippen molar-refractivity contribution in [3.63, 3.8) is 0 Å². The van der Waals surface area contributed by atoms with E-state index < -0.39 is 0 Å². The Morgan fingerprint density at radius 2 is 2.33 bits per heavy atom. The van der Waals surface area contributed by atoms with Gasteiger partial charge in [0, 0.05) is 6.42 Å². The maximum atomic E-state index is 9.97. The van der Waals surface area contributed by atoms with Crippen LogP contribution in [-0.4, -0.2) is 6.29 Å². The fraction of sp³-hybridized carbons (Fsp3) is 0.500. The molecule has 0 amide bonds. The molecule has 0 aliphatic heterocycles. The summed E-state index contributed by atoms with van der Waals surface area (Å²) in [4.78, 5) is 9.97. The van der Waals surface area contributed by atoms with Crippen LogP contribution in [0.15, 0.2) is 17.4 Å². The second-order valence-corrected chi connectivity index (χ2v) is 1.76. The van der Waals surface area contributed by atoms with Gasteiger partial charge in [-0.3, -0.25) is 0 Å². The minimum Gasteiger partial charge on any atom is -0.303 e. The smallest absolute Gasteiger partial charge is 0.124 e. The molecule has 0 heterocycles. The van der Waals surface area contributed by atoms with Crippen LogP contribution in [0.4, 0.5) is 0 Å². The van der Waals surface area contributed by atoms with Crippen molar-refractivity contribution < 1.29 is 4.79 Å². The molecule has 0 unspecified atom stereocenters. The molecule has 0 bridgehead atoms. The van der Waals surface area contributed by atoms with Gasteiger partial charge >= 0.3 is 0 Å². The maximum absolute atomic E-state index is 9.97. The Kier molecular flexibility index (Phi) is 4.85. The first-order chi connectivity index (χ1) is 4.35. The third-order valence-electron chi connectivity index (χ3n) is 1.10. The van der Waals surface area contributed by atoms with Crippen LogP contribution < -0.4 is 0 Å². The summed E-state index contributed by atoms with van der Waals surface area (Å²) < 4.78 is 0. The number of carbonyl (C=O) groups excluding carboxylic acids is 1. The van der Waals surface area contributed by atoms with Crippen molar-refractivity contribution in [2.24, 2.45) is 0 Å². The summed E-state index contributed by atoms with van der Waals surface area (Å²) in [5.74, 6) is 0. The molecule has 0 aliphatic carbocycles. The highest BCUT2D eigenvalue weighted by molar-refractivity contribution is 5.53. The van der Waals surface area contributed by atoms with Crippen molar-refractivity contribution >= 4 is 6.29 Å². The summed E-state index contributed by atoms with van der Waals surface area (Å²) in [6.07, 6.45) is 4.20. The summed E-state index contributed by atoms with van der Waals surface area (Å²) >= 11 is 0. The number of hydrogen-bond acceptors (Lipinski definition) is 1. The van der Waals surface area contributed by atoms with Gasteiger partial charge in [-0.25, -0.2) is 0 Å². The van der Waals surface area contributed by atoms with Crippen LogP contribution in [0.3, 0.4) is 0 Å². The lowest BCUT2D eigenvalue weighted by Gasteiger charge is -1.89. The van der Waals surface area contributed by atoms with Crippen molar-refractivity contribution in [1.82, 2.24) is 0 Å². The van der Waals surface area contributed by atoms with Gasteiger partial charge in [0.15, 0.2) is 0 Å². The van der Waals surface area contributed by atoms with Gasteiger partial charge in [0.2, 0.25) is 0 Å². The number of hydrogen-bond donors (Lipinski definition) is 0. The van der Waals surface area contributed by atoms with Gasteiger partial charge in [-0.05, 0) is 25.0 Å². The number of allylic oxidation sites excluding steroid dienone is 1. The third-order valence-corrected chi connectivity index (χ3v) is 1.10. The van der Waals surface area contributed by atoms with Gasteiger partial charge in [-0.2, -0.15) is 0 Å². The Balaban J connectivity index is 3.97. The molecule has 0 atom stereocenters. The number of rotatable bonds is 3. The predicted octanol–water partition coefficient (Wildman–Crippen LogP) is 2.09. The van der Waals surface area contributed by atoms with E-state index in [4.69, 9.17) is 0 Å². The Morgan fingerprint density at radius 3 is 2.67 bits per heavy atom. The van der Waals surface area contributed by atoms with Crippen LogP contribution in [0.25, 0.3) is 0 Å². The first-order valence-corrected chi connectivity index (χ1v) is 3.17. The lowest BCUT2D eigenvalue weighted by Crippen LogP contribution is -1.78. The minimum absolute atomic E-state index is 0.529. The molecule has 0 N–H and O–H groups in total. The van der Waals surface area contributed by atoms with Crippen LogP contribution >= 0.6 is 0 Å². The molecule has 9 heavy (non-hydrogen) atoms. The van der Waals surface area contributed by atoms with Crippen LogP contribution in [0, 0.1) is 0 Å². The molecule has 1 nitrogen and oxygen atoms in total. The van der Waals surface area contributed by atoms with Crippen LogP contribution in [-0.2, 0) is 4.79 Å². The quantitative estimate of drug-likeness (QED) is 0.416. The fourth-order valence-electron chi connectivity index (χ4n) is 0.610. The molecule has 0 saturated heterocycles. The topological polar surface area (TPSA) is 17.1 Å². The monoisotopic (exact) mass is 124 g/mol. The van der Waals surface area contributed by atoms with Crippen molar-refractivity contribution in [2.45, 2.75) is 26.7 Å². The van der Waals surface area contributed by atoms with Gasteiger partial charge in [0.1, 0.15) is 6.29 Å². The first kappa shape index (κ1) is 8.19. The van der Waals surface area contributed by atoms with Crippen molar-refractivity contribution in [3.05, 3.63) is 17.4 Å². The summed E-state index contributed by atoms with van der Waals surface area (Å²) in [5, 5.41) is 0. The van der Waals surface area contributed by atoms with E-state index in [0.717, 1.165) is 18.3 Å². The predicted molar refractivity (Wildman–Crippen MR) is 38.2 cm³/mol. The average Bonchev–Trinajstić information content (AvgIpc) is 1.88. The van der Waals surface area contributed by atoms with E-state index in [1.165, 1.54) is 0 Å². The third kappa shape index (κ3) is 3.75. The fourth-order valence-corrected chi connectivity index (χ4v) is 0.610. The molecular formula is C8H12O. The van der Waals surface area contributed by atoms with Gasteiger partial charge in [-0.1, -0.05) is 6.92 Å². The van der Waals surface area contributed by atoms with Crippen LogP contribution in [0.5, 0.6) is 0 Å². The van der Waals surface area contributed by atoms with Crippen LogP contribution in [0.1, 0.15) is 26.7 Å². The van der Waals surface area contributed by atoms with E-state index in [1.54, 1.807) is 0 Å². The van der Waals surface area contributed by atoms with E-state index in [9.17, 15) is 4.79 Å². The standard InChI is InChI=1S/C8H12O/c1-3-5-8(4-2)6-7-9/h3,7H,4,6H2,1-2H3. The highest BCUT2D eigenvalue weighted by atomic mass is 16.1. The van der Waals surface area contributed by atoms with Crippen molar-refractivity contribution in [3.8, 4) is 0 Å². The van der Waals surface area contributed by atoms with E-state index in [2.05, 4.69) is 5.73 Å². The van der Waals surface area contributed by atoms with Gasteiger partial charge in [0.05, 0.1) is 0 Å². The molecule has 50 valence electrons. The molecule has 0 radical (unpaired) electrons. The Hall–Kier alpha value is -0.810. The number of aldehydes is 1. The normalized spacial score (nSPS) is 7.78. The Bertz CT molecular complexity index is 139. The van der Waals surface area contributed by atoms with Crippen LogP contribution in [0.2, 0.25) is 0 Å². The molecular weight excluding hydrogens is 112 g/mol. The lowest BCUT2D eigenvalue weighted by atomic mass is 10.2. The molecule has 0 aromatic rings. The minimum atomic E-state index is 0.529. The lowest BCUT2D eigenvalue weighted by molar-refractivity contribution is -0.107. The molecule has 0 fully saturated rings. The molecule has 0 aliphatic rings. The zero-order valence-corrected chi connectivity index (χ0v) is 5.98. The average molecular weight is 124 g/mol. The highest BCUT2D eigenvalue weighted by Gasteiger charge is 1.87. The van der Waals surface area contributed by atoms with E-state index in [0.29, 0.717) is 6.42 Å². The Labute approximate surface area is 56.1 Å². The summed E-state index contributed by atoms with van der Waals surface area (Å²) in [6, 6.07) is 0. The summed E-state index contributed by atoms with van der Waals surface area (Å²) in [7, 11) is 0. The van der Waals surface area contributed by atoms with E-state index >= 15 is 0 Å². The SMILES string of the molecule is CC=C=C(CC)CC=O. The largest absolute Gasteiger partial charge is 0.303 e. The van der Waals surface area contributed by atoms with Crippen molar-refractivity contribution in [2.75, 3.05) is 0 Å². The zero-order valence-electron chi connectivity index (χ0n) is 5.98. The maximum Gasteiger partial charge on any atom is 0.124 e. The molecule has 0 aromatic heterocycles. The Morgan fingerprint density at radius 1 is 1.67 bits per heavy atom. The van der Waals surface area contributed by atoms with E-state index in [-0.39, 0.29) is 0 Å². The van der Waals surface area contributed by atoms with E-state index in [1.807, 2.05) is 19.9 Å². The molecule has 0 aromatic carbocycles. The van der Waals surface area contributed by atoms with Gasteiger partial charge in [-0.15, -0.1) is 5.73 Å².